The average Bonchev–Trinajstić information content (AvgIpc) is 2.61. The Bertz CT molecular complexity index is 725. The summed E-state index contributed by atoms with van der Waals surface area (Å²) < 4.78 is 9.96. The van der Waals surface area contributed by atoms with Gasteiger partial charge in [-0.15, -0.1) is 0 Å². The van der Waals surface area contributed by atoms with E-state index in [1.54, 1.807) is 12.1 Å². The molecule has 0 unspecified atom stereocenters. The summed E-state index contributed by atoms with van der Waals surface area (Å²) in [6.45, 7) is 1.84. The van der Waals surface area contributed by atoms with Crippen molar-refractivity contribution in [2.45, 2.75) is 13.3 Å². The van der Waals surface area contributed by atoms with E-state index in [-0.39, 0.29) is 23.6 Å². The summed E-state index contributed by atoms with van der Waals surface area (Å²) in [4.78, 5) is 23.5. The predicted molar refractivity (Wildman–Crippen MR) is 89.4 cm³/mol. The number of amides is 1. The summed E-state index contributed by atoms with van der Waals surface area (Å²) in [6.07, 6.45) is 0.927. The maximum absolute atomic E-state index is 11.9. The molecule has 0 aromatic heterocycles. The Morgan fingerprint density at radius 1 is 1.12 bits per heavy atom. The molecular formula is C18H19NO5. The van der Waals surface area contributed by atoms with Gasteiger partial charge in [0, 0.05) is 0 Å². The highest BCUT2D eigenvalue weighted by Gasteiger charge is 2.16. The number of ether oxygens (including phenoxy) is 2. The van der Waals surface area contributed by atoms with Crippen LogP contribution in [-0.4, -0.2) is 30.7 Å². The van der Waals surface area contributed by atoms with Gasteiger partial charge in [0.1, 0.15) is 11.3 Å². The quantitative estimate of drug-likeness (QED) is 0.629. The third kappa shape index (κ3) is 4.25. The van der Waals surface area contributed by atoms with Crippen molar-refractivity contribution in [1.29, 1.82) is 0 Å². The predicted octanol–water partition coefficient (Wildman–Crippen LogP) is 2.76. The summed E-state index contributed by atoms with van der Waals surface area (Å²) in [5.74, 6) is -0.900. The van der Waals surface area contributed by atoms with E-state index >= 15 is 0 Å². The second kappa shape index (κ2) is 8.01. The lowest BCUT2D eigenvalue weighted by Crippen LogP contribution is -2.20. The van der Waals surface area contributed by atoms with Crippen LogP contribution in [0.5, 0.6) is 11.5 Å². The lowest BCUT2D eigenvalue weighted by Gasteiger charge is -2.11. The van der Waals surface area contributed by atoms with Gasteiger partial charge in [-0.1, -0.05) is 25.1 Å². The summed E-state index contributed by atoms with van der Waals surface area (Å²) in [5.41, 5.74) is 1.27. The van der Waals surface area contributed by atoms with Crippen molar-refractivity contribution < 1.29 is 24.2 Å². The second-order valence-electron chi connectivity index (χ2n) is 5.03. The number of carbonyl (C=O) groups is 2. The zero-order valence-electron chi connectivity index (χ0n) is 13.5. The van der Waals surface area contributed by atoms with Crippen LogP contribution in [0.2, 0.25) is 0 Å². The van der Waals surface area contributed by atoms with Gasteiger partial charge in [-0.05, 0) is 36.2 Å². The van der Waals surface area contributed by atoms with Crippen molar-refractivity contribution in [3.63, 3.8) is 0 Å². The number of rotatable bonds is 6. The maximum atomic E-state index is 11.9. The molecule has 0 radical (unpaired) electrons. The first kappa shape index (κ1) is 17.3. The molecular weight excluding hydrogens is 310 g/mol. The number of phenols is 1. The Morgan fingerprint density at radius 3 is 2.46 bits per heavy atom. The van der Waals surface area contributed by atoms with E-state index in [2.05, 4.69) is 17.0 Å². The monoisotopic (exact) mass is 329 g/mol. The zero-order chi connectivity index (χ0) is 17.5. The molecule has 0 saturated heterocycles. The van der Waals surface area contributed by atoms with Crippen molar-refractivity contribution in [2.75, 3.05) is 19.0 Å². The minimum atomic E-state index is -0.684. The molecule has 6 nitrogen and oxygen atoms in total. The van der Waals surface area contributed by atoms with Gasteiger partial charge < -0.3 is 19.9 Å². The number of phenolic OH excluding ortho intramolecular Hbond substituents is 1. The summed E-state index contributed by atoms with van der Waals surface area (Å²) in [5, 5.41) is 12.5. The average molecular weight is 329 g/mol. The van der Waals surface area contributed by atoms with E-state index in [1.165, 1.54) is 30.9 Å². The van der Waals surface area contributed by atoms with Gasteiger partial charge in [0.2, 0.25) is 0 Å². The normalized spacial score (nSPS) is 10.1. The molecule has 6 heteroatoms. The minimum absolute atomic E-state index is 0.0219. The molecule has 0 atom stereocenters. The van der Waals surface area contributed by atoms with Crippen LogP contribution in [0.1, 0.15) is 22.8 Å². The van der Waals surface area contributed by atoms with Crippen LogP contribution in [0.15, 0.2) is 42.5 Å². The van der Waals surface area contributed by atoms with E-state index < -0.39 is 11.9 Å². The molecule has 2 aromatic carbocycles. The number of aryl methyl sites for hydroxylation is 1. The van der Waals surface area contributed by atoms with Crippen molar-refractivity contribution in [3.05, 3.63) is 53.6 Å². The zero-order valence-corrected chi connectivity index (χ0v) is 13.5. The Kier molecular flexibility index (Phi) is 5.78. The fraction of sp³-hybridized carbons (Fsp3) is 0.222. The molecule has 0 heterocycles. The molecule has 0 aliphatic rings. The Labute approximate surface area is 140 Å². The number of benzene rings is 2. The number of methoxy groups -OCH3 is 1. The molecule has 24 heavy (non-hydrogen) atoms. The van der Waals surface area contributed by atoms with Crippen LogP contribution in [0.4, 0.5) is 5.69 Å². The van der Waals surface area contributed by atoms with Crippen LogP contribution in [-0.2, 0) is 16.0 Å². The molecule has 0 saturated carbocycles. The van der Waals surface area contributed by atoms with Crippen molar-refractivity contribution in [1.82, 2.24) is 0 Å². The lowest BCUT2D eigenvalue weighted by molar-refractivity contribution is -0.118. The fourth-order valence-electron chi connectivity index (χ4n) is 2.08. The van der Waals surface area contributed by atoms with Gasteiger partial charge in [-0.2, -0.15) is 0 Å². The van der Waals surface area contributed by atoms with Gasteiger partial charge in [0.25, 0.3) is 5.91 Å². The molecule has 0 spiro atoms. The largest absolute Gasteiger partial charge is 0.505 e. The molecule has 1 amide bonds. The van der Waals surface area contributed by atoms with Crippen molar-refractivity contribution >= 4 is 17.6 Å². The Balaban J connectivity index is 1.98. The first-order valence-corrected chi connectivity index (χ1v) is 7.47. The molecule has 0 fully saturated rings. The number of esters is 1. The van der Waals surface area contributed by atoms with E-state index in [9.17, 15) is 14.7 Å². The van der Waals surface area contributed by atoms with E-state index in [0.29, 0.717) is 5.75 Å². The van der Waals surface area contributed by atoms with Crippen molar-refractivity contribution in [2.24, 2.45) is 0 Å². The third-order valence-electron chi connectivity index (χ3n) is 3.42. The highest BCUT2D eigenvalue weighted by molar-refractivity contribution is 5.98. The summed E-state index contributed by atoms with van der Waals surface area (Å²) >= 11 is 0. The van der Waals surface area contributed by atoms with E-state index in [4.69, 9.17) is 4.74 Å². The van der Waals surface area contributed by atoms with Crippen LogP contribution in [0.25, 0.3) is 0 Å². The number of aromatic hydroxyl groups is 1. The topological polar surface area (TPSA) is 84.9 Å². The molecule has 0 bridgehead atoms. The third-order valence-corrected chi connectivity index (χ3v) is 3.42. The number of nitrogens with one attached hydrogen (secondary N) is 1. The van der Waals surface area contributed by atoms with Crippen LogP contribution in [0, 0.1) is 0 Å². The highest BCUT2D eigenvalue weighted by Crippen LogP contribution is 2.27. The summed E-state index contributed by atoms with van der Waals surface area (Å²) in [7, 11) is 1.21. The molecule has 2 aromatic rings. The molecule has 2 rings (SSSR count). The van der Waals surface area contributed by atoms with E-state index in [1.807, 2.05) is 12.1 Å². The molecule has 0 aliphatic heterocycles. The van der Waals surface area contributed by atoms with Gasteiger partial charge in [0.15, 0.2) is 12.4 Å². The maximum Gasteiger partial charge on any atom is 0.341 e. The van der Waals surface area contributed by atoms with E-state index in [0.717, 1.165) is 6.42 Å². The van der Waals surface area contributed by atoms with Crippen LogP contribution < -0.4 is 10.1 Å². The number of hydrogen-bond donors (Lipinski definition) is 2. The van der Waals surface area contributed by atoms with Gasteiger partial charge in [0.05, 0.1) is 12.8 Å². The molecule has 2 N–H and O–H groups in total. The second-order valence-corrected chi connectivity index (χ2v) is 5.03. The Hall–Kier alpha value is -3.02. The SMILES string of the molecule is CCc1ccc(OCC(=O)Nc2cccc(C(=O)OC)c2O)cc1. The Morgan fingerprint density at radius 2 is 1.83 bits per heavy atom. The number of hydrogen-bond acceptors (Lipinski definition) is 5. The number of anilines is 1. The van der Waals surface area contributed by atoms with Crippen LogP contribution in [0.3, 0.4) is 0 Å². The van der Waals surface area contributed by atoms with Gasteiger partial charge in [-0.3, -0.25) is 4.79 Å². The highest BCUT2D eigenvalue weighted by atomic mass is 16.5. The van der Waals surface area contributed by atoms with Crippen molar-refractivity contribution in [3.8, 4) is 11.5 Å². The number of para-hydroxylation sites is 1. The first-order valence-electron chi connectivity index (χ1n) is 7.47. The van der Waals surface area contributed by atoms with Gasteiger partial charge >= 0.3 is 5.97 Å². The summed E-state index contributed by atoms with van der Waals surface area (Å²) in [6, 6.07) is 11.9. The fourth-order valence-corrected chi connectivity index (χ4v) is 2.08. The minimum Gasteiger partial charge on any atom is -0.505 e. The smallest absolute Gasteiger partial charge is 0.341 e. The number of carbonyl (C=O) groups excluding carboxylic acids is 2. The molecule has 0 aliphatic carbocycles. The first-order chi connectivity index (χ1) is 11.5. The van der Waals surface area contributed by atoms with Crippen LogP contribution >= 0.6 is 0 Å². The van der Waals surface area contributed by atoms with Gasteiger partial charge in [-0.25, -0.2) is 4.79 Å². The lowest BCUT2D eigenvalue weighted by atomic mass is 10.1. The molecule has 126 valence electrons. The standard InChI is InChI=1S/C18H19NO5/c1-3-12-7-9-13(10-8-12)24-11-16(20)19-15-6-4-5-14(17(15)21)18(22)23-2/h4-10,21H,3,11H2,1-2H3,(H,19,20).